The fraction of sp³-hybridized carbons (Fsp3) is 0.250. The third kappa shape index (κ3) is 3.97. The molecule has 106 valence electrons. The Bertz CT molecular complexity index is 549. The average molecular weight is 310 g/mol. The second kappa shape index (κ2) is 7.09. The van der Waals surface area contributed by atoms with E-state index in [9.17, 15) is 0 Å². The molecule has 0 saturated heterocycles. The number of halogens is 2. The summed E-state index contributed by atoms with van der Waals surface area (Å²) in [7, 11) is 1.70. The molecular weight excluding hydrogens is 293 g/mol. The number of ether oxygens (including phenoxy) is 1. The number of hydrogen-bond acceptors (Lipinski definition) is 2. The molecule has 20 heavy (non-hydrogen) atoms. The molecule has 0 aliphatic carbocycles. The fourth-order valence-corrected chi connectivity index (χ4v) is 2.60. The number of methoxy groups -OCH3 is 1. The van der Waals surface area contributed by atoms with Gasteiger partial charge in [0.2, 0.25) is 0 Å². The molecule has 0 aliphatic heterocycles. The maximum Gasteiger partial charge on any atom is 0.0552 e. The Balaban J connectivity index is 2.17. The molecule has 4 heteroatoms. The molecule has 0 radical (unpaired) electrons. The average Bonchev–Trinajstić information content (AvgIpc) is 2.44. The first-order chi connectivity index (χ1) is 9.60. The minimum Gasteiger partial charge on any atom is -0.384 e. The summed E-state index contributed by atoms with van der Waals surface area (Å²) in [5.74, 6) is 0. The molecule has 2 aromatic rings. The van der Waals surface area contributed by atoms with Crippen molar-refractivity contribution < 1.29 is 4.74 Å². The summed E-state index contributed by atoms with van der Waals surface area (Å²) in [6.45, 7) is 0.718. The quantitative estimate of drug-likeness (QED) is 0.897. The smallest absolute Gasteiger partial charge is 0.0552 e. The van der Waals surface area contributed by atoms with Crippen LogP contribution >= 0.6 is 23.2 Å². The van der Waals surface area contributed by atoms with Crippen molar-refractivity contribution in [1.29, 1.82) is 0 Å². The SMILES string of the molecule is COCCc1ccc(C(N)c2cc(Cl)cc(Cl)c2)cc1. The predicted molar refractivity (Wildman–Crippen MR) is 84.5 cm³/mol. The van der Waals surface area contributed by atoms with E-state index in [1.807, 2.05) is 24.3 Å². The van der Waals surface area contributed by atoms with Crippen LogP contribution in [-0.4, -0.2) is 13.7 Å². The van der Waals surface area contributed by atoms with Crippen LogP contribution in [0, 0.1) is 0 Å². The number of nitrogens with two attached hydrogens (primary N) is 1. The van der Waals surface area contributed by atoms with Gasteiger partial charge in [0.05, 0.1) is 12.6 Å². The van der Waals surface area contributed by atoms with Crippen molar-refractivity contribution >= 4 is 23.2 Å². The van der Waals surface area contributed by atoms with E-state index >= 15 is 0 Å². The summed E-state index contributed by atoms with van der Waals surface area (Å²) < 4.78 is 5.07. The largest absolute Gasteiger partial charge is 0.384 e. The van der Waals surface area contributed by atoms with Crippen molar-refractivity contribution in [1.82, 2.24) is 0 Å². The molecule has 0 aliphatic rings. The second-order valence-electron chi connectivity index (χ2n) is 4.66. The van der Waals surface area contributed by atoms with Crippen LogP contribution in [0.15, 0.2) is 42.5 Å². The van der Waals surface area contributed by atoms with Gasteiger partial charge < -0.3 is 10.5 Å². The lowest BCUT2D eigenvalue weighted by Gasteiger charge is -2.14. The molecule has 0 heterocycles. The maximum absolute atomic E-state index is 6.26. The zero-order valence-corrected chi connectivity index (χ0v) is 12.8. The summed E-state index contributed by atoms with van der Waals surface area (Å²) in [6, 6.07) is 13.4. The van der Waals surface area contributed by atoms with Crippen molar-refractivity contribution in [2.24, 2.45) is 5.73 Å². The Morgan fingerprint density at radius 3 is 2.15 bits per heavy atom. The van der Waals surface area contributed by atoms with Gasteiger partial charge in [-0.05, 0) is 41.3 Å². The first-order valence-corrected chi connectivity index (χ1v) is 7.15. The molecular formula is C16H17Cl2NO. The number of rotatable bonds is 5. The Morgan fingerprint density at radius 1 is 1.00 bits per heavy atom. The standard InChI is InChI=1S/C16H17Cl2NO/c1-20-7-6-11-2-4-12(5-3-11)16(19)13-8-14(17)10-15(18)9-13/h2-5,8-10,16H,6-7,19H2,1H3. The summed E-state index contributed by atoms with van der Waals surface area (Å²) in [5, 5.41) is 1.19. The van der Waals surface area contributed by atoms with Crippen LogP contribution < -0.4 is 5.73 Å². The van der Waals surface area contributed by atoms with Crippen LogP contribution in [0.4, 0.5) is 0 Å². The van der Waals surface area contributed by atoms with E-state index in [1.165, 1.54) is 5.56 Å². The van der Waals surface area contributed by atoms with Gasteiger partial charge >= 0.3 is 0 Å². The molecule has 0 bridgehead atoms. The number of hydrogen-bond donors (Lipinski definition) is 1. The van der Waals surface area contributed by atoms with Gasteiger partial charge in [0.25, 0.3) is 0 Å². The Morgan fingerprint density at radius 2 is 1.60 bits per heavy atom. The lowest BCUT2D eigenvalue weighted by molar-refractivity contribution is 0.202. The first kappa shape index (κ1) is 15.3. The molecule has 0 aromatic heterocycles. The van der Waals surface area contributed by atoms with Crippen LogP contribution in [0.3, 0.4) is 0 Å². The van der Waals surface area contributed by atoms with Gasteiger partial charge in [0.1, 0.15) is 0 Å². The molecule has 1 atom stereocenters. The Hall–Kier alpha value is -1.06. The summed E-state index contributed by atoms with van der Waals surface area (Å²) >= 11 is 12.0. The number of benzene rings is 2. The third-order valence-electron chi connectivity index (χ3n) is 3.18. The van der Waals surface area contributed by atoms with Gasteiger partial charge in [-0.25, -0.2) is 0 Å². The van der Waals surface area contributed by atoms with Crippen molar-refractivity contribution in [2.75, 3.05) is 13.7 Å². The highest BCUT2D eigenvalue weighted by Crippen LogP contribution is 2.26. The first-order valence-electron chi connectivity index (χ1n) is 6.39. The molecule has 2 aromatic carbocycles. The maximum atomic E-state index is 6.26. The van der Waals surface area contributed by atoms with Crippen LogP contribution in [-0.2, 0) is 11.2 Å². The topological polar surface area (TPSA) is 35.2 Å². The molecule has 2 nitrogen and oxygen atoms in total. The van der Waals surface area contributed by atoms with Crippen LogP contribution in [0.5, 0.6) is 0 Å². The minimum atomic E-state index is -0.234. The Kier molecular flexibility index (Phi) is 5.44. The van der Waals surface area contributed by atoms with Gasteiger partial charge in [0, 0.05) is 17.2 Å². The van der Waals surface area contributed by atoms with Crippen LogP contribution in [0.25, 0.3) is 0 Å². The zero-order chi connectivity index (χ0) is 14.5. The molecule has 0 spiro atoms. The summed E-state index contributed by atoms with van der Waals surface area (Å²) in [4.78, 5) is 0. The Labute approximate surface area is 129 Å². The van der Waals surface area contributed by atoms with E-state index in [4.69, 9.17) is 33.7 Å². The van der Waals surface area contributed by atoms with E-state index in [1.54, 1.807) is 13.2 Å². The molecule has 0 fully saturated rings. The van der Waals surface area contributed by atoms with E-state index < -0.39 is 0 Å². The lowest BCUT2D eigenvalue weighted by atomic mass is 9.98. The van der Waals surface area contributed by atoms with E-state index in [0.29, 0.717) is 10.0 Å². The predicted octanol–water partition coefficient (Wildman–Crippen LogP) is 4.23. The van der Waals surface area contributed by atoms with Crippen LogP contribution in [0.1, 0.15) is 22.7 Å². The molecule has 2 rings (SSSR count). The second-order valence-corrected chi connectivity index (χ2v) is 5.54. The van der Waals surface area contributed by atoms with E-state index in [2.05, 4.69) is 12.1 Å². The van der Waals surface area contributed by atoms with Crippen molar-refractivity contribution in [3.63, 3.8) is 0 Å². The van der Waals surface area contributed by atoms with Crippen molar-refractivity contribution in [3.8, 4) is 0 Å². The summed E-state index contributed by atoms with van der Waals surface area (Å²) in [6.07, 6.45) is 0.898. The summed E-state index contributed by atoms with van der Waals surface area (Å²) in [5.41, 5.74) is 9.43. The zero-order valence-electron chi connectivity index (χ0n) is 11.3. The van der Waals surface area contributed by atoms with Gasteiger partial charge in [-0.2, -0.15) is 0 Å². The van der Waals surface area contributed by atoms with E-state index in [0.717, 1.165) is 24.2 Å². The molecule has 0 amide bonds. The highest BCUT2D eigenvalue weighted by Gasteiger charge is 2.10. The van der Waals surface area contributed by atoms with Gasteiger partial charge in [-0.15, -0.1) is 0 Å². The van der Waals surface area contributed by atoms with Crippen molar-refractivity contribution in [2.45, 2.75) is 12.5 Å². The third-order valence-corrected chi connectivity index (χ3v) is 3.61. The van der Waals surface area contributed by atoms with Gasteiger partial charge in [0.15, 0.2) is 0 Å². The molecule has 1 unspecified atom stereocenters. The molecule has 0 saturated carbocycles. The van der Waals surface area contributed by atoms with Crippen molar-refractivity contribution in [3.05, 3.63) is 69.2 Å². The fourth-order valence-electron chi connectivity index (χ4n) is 2.06. The molecule has 2 N–H and O–H groups in total. The van der Waals surface area contributed by atoms with Gasteiger partial charge in [-0.3, -0.25) is 0 Å². The van der Waals surface area contributed by atoms with Crippen LogP contribution in [0.2, 0.25) is 10.0 Å². The normalized spacial score (nSPS) is 12.4. The van der Waals surface area contributed by atoms with E-state index in [-0.39, 0.29) is 6.04 Å². The lowest BCUT2D eigenvalue weighted by Crippen LogP contribution is -2.12. The highest BCUT2D eigenvalue weighted by atomic mass is 35.5. The minimum absolute atomic E-state index is 0.234. The monoisotopic (exact) mass is 309 g/mol. The highest BCUT2D eigenvalue weighted by molar-refractivity contribution is 6.34. The van der Waals surface area contributed by atoms with Gasteiger partial charge in [-0.1, -0.05) is 47.5 Å².